The molecule has 0 saturated carbocycles. The zero-order valence-corrected chi connectivity index (χ0v) is 20.1. The molecule has 0 aliphatic carbocycles. The molecular weight excluding hydrogens is 434 g/mol. The summed E-state index contributed by atoms with van der Waals surface area (Å²) in [4.78, 5) is 36.1. The van der Waals surface area contributed by atoms with Crippen LogP contribution in [-0.2, 0) is 11.3 Å². The maximum absolute atomic E-state index is 12.5. The Balaban J connectivity index is 1.22. The fourth-order valence-corrected chi connectivity index (χ4v) is 5.20. The molecule has 8 heteroatoms. The number of nitrogens with one attached hydrogen (secondary N) is 1. The molecule has 0 atom stereocenters. The molecule has 1 saturated heterocycles. The van der Waals surface area contributed by atoms with Crippen LogP contribution >= 0.6 is 11.8 Å². The van der Waals surface area contributed by atoms with E-state index in [0.29, 0.717) is 24.4 Å². The summed E-state index contributed by atoms with van der Waals surface area (Å²) in [5.41, 5.74) is 2.49. The van der Waals surface area contributed by atoms with Crippen LogP contribution in [0.4, 0.5) is 5.69 Å². The summed E-state index contributed by atoms with van der Waals surface area (Å²) in [5, 5.41) is 3.92. The first-order valence-electron chi connectivity index (χ1n) is 11.8. The van der Waals surface area contributed by atoms with Crippen molar-refractivity contribution in [1.82, 2.24) is 20.1 Å². The average molecular weight is 468 g/mol. The molecule has 1 N–H and O–H groups in total. The minimum Gasteiger partial charge on any atom is -0.352 e. The number of thioether (sulfide) groups is 1. The highest BCUT2D eigenvalue weighted by Gasteiger charge is 2.25. The standard InChI is InChI=1S/C25H33N5O2S/c1-2-12-28-14-16-29(17-15-28)13-4-11-26-24(32)21-8-6-20(7-9-21)18-30-22-5-3-10-27-25(22)33-19-23(30)31/h3,5-10H,2,4,11-19H2,1H3,(H,26,32). The van der Waals surface area contributed by atoms with E-state index in [1.54, 1.807) is 11.1 Å². The molecule has 3 heterocycles. The van der Waals surface area contributed by atoms with Crippen molar-refractivity contribution in [3.05, 3.63) is 53.7 Å². The van der Waals surface area contributed by atoms with Gasteiger partial charge in [-0.2, -0.15) is 0 Å². The maximum Gasteiger partial charge on any atom is 0.251 e. The van der Waals surface area contributed by atoms with Gasteiger partial charge in [-0.25, -0.2) is 4.98 Å². The van der Waals surface area contributed by atoms with Gasteiger partial charge in [-0.1, -0.05) is 30.8 Å². The van der Waals surface area contributed by atoms with Crippen molar-refractivity contribution < 1.29 is 9.59 Å². The van der Waals surface area contributed by atoms with Gasteiger partial charge in [-0.05, 0) is 55.8 Å². The van der Waals surface area contributed by atoms with Gasteiger partial charge >= 0.3 is 0 Å². The second-order valence-corrected chi connectivity index (χ2v) is 9.55. The van der Waals surface area contributed by atoms with E-state index >= 15 is 0 Å². The van der Waals surface area contributed by atoms with E-state index in [-0.39, 0.29) is 11.8 Å². The molecule has 1 aromatic heterocycles. The van der Waals surface area contributed by atoms with Crippen molar-refractivity contribution in [2.24, 2.45) is 0 Å². The Morgan fingerprint density at radius 1 is 1.06 bits per heavy atom. The summed E-state index contributed by atoms with van der Waals surface area (Å²) in [6.45, 7) is 10.1. The van der Waals surface area contributed by atoms with Gasteiger partial charge < -0.3 is 20.0 Å². The van der Waals surface area contributed by atoms with Crippen LogP contribution in [0.5, 0.6) is 0 Å². The number of anilines is 1. The van der Waals surface area contributed by atoms with Crippen LogP contribution in [0.15, 0.2) is 47.6 Å². The first-order valence-corrected chi connectivity index (χ1v) is 12.8. The van der Waals surface area contributed by atoms with Crippen molar-refractivity contribution in [3.63, 3.8) is 0 Å². The normalized spacial score (nSPS) is 17.1. The van der Waals surface area contributed by atoms with Gasteiger partial charge in [0.05, 0.1) is 18.0 Å². The number of fused-ring (bicyclic) bond motifs is 1. The number of nitrogens with zero attached hydrogens (tertiary/aromatic N) is 4. The van der Waals surface area contributed by atoms with Crippen LogP contribution in [0.3, 0.4) is 0 Å². The zero-order valence-electron chi connectivity index (χ0n) is 19.3. The number of aromatic nitrogens is 1. The van der Waals surface area contributed by atoms with Crippen molar-refractivity contribution in [2.75, 3.05) is 56.5 Å². The van der Waals surface area contributed by atoms with E-state index in [4.69, 9.17) is 0 Å². The van der Waals surface area contributed by atoms with Gasteiger partial charge in [0.15, 0.2) is 0 Å². The number of rotatable bonds is 9. The summed E-state index contributed by atoms with van der Waals surface area (Å²) in [7, 11) is 0. The highest BCUT2D eigenvalue weighted by molar-refractivity contribution is 8.00. The lowest BCUT2D eigenvalue weighted by Gasteiger charge is -2.34. The van der Waals surface area contributed by atoms with Crippen molar-refractivity contribution in [3.8, 4) is 0 Å². The van der Waals surface area contributed by atoms with Crippen LogP contribution in [0.25, 0.3) is 0 Å². The molecule has 0 radical (unpaired) electrons. The van der Waals surface area contributed by atoms with Gasteiger partial charge in [0.25, 0.3) is 5.91 Å². The molecular formula is C25H33N5O2S. The van der Waals surface area contributed by atoms with Crippen LogP contribution in [0.2, 0.25) is 0 Å². The van der Waals surface area contributed by atoms with Crippen molar-refractivity contribution in [1.29, 1.82) is 0 Å². The number of carbonyl (C=O) groups is 2. The summed E-state index contributed by atoms with van der Waals surface area (Å²) in [5.74, 6) is 0.433. The molecule has 2 aromatic rings. The first-order chi connectivity index (χ1) is 16.1. The molecule has 2 amide bonds. The number of pyridine rings is 1. The highest BCUT2D eigenvalue weighted by Crippen LogP contribution is 2.33. The predicted molar refractivity (Wildman–Crippen MR) is 133 cm³/mol. The number of piperazine rings is 1. The van der Waals surface area contributed by atoms with Crippen LogP contribution in [0, 0.1) is 0 Å². The van der Waals surface area contributed by atoms with E-state index in [2.05, 4.69) is 27.0 Å². The lowest BCUT2D eigenvalue weighted by atomic mass is 10.1. The highest BCUT2D eigenvalue weighted by atomic mass is 32.2. The van der Waals surface area contributed by atoms with Crippen molar-refractivity contribution >= 4 is 29.3 Å². The molecule has 1 fully saturated rings. The molecule has 2 aliphatic heterocycles. The summed E-state index contributed by atoms with van der Waals surface area (Å²) >= 11 is 1.48. The molecule has 2 aliphatic rings. The predicted octanol–water partition coefficient (Wildman–Crippen LogP) is 2.87. The molecule has 0 spiro atoms. The fraction of sp³-hybridized carbons (Fsp3) is 0.480. The lowest BCUT2D eigenvalue weighted by molar-refractivity contribution is -0.116. The van der Waals surface area contributed by atoms with Crippen LogP contribution in [0.1, 0.15) is 35.7 Å². The zero-order chi connectivity index (χ0) is 23.0. The third-order valence-corrected chi connectivity index (χ3v) is 7.15. The Kier molecular flexibility index (Phi) is 8.36. The van der Waals surface area contributed by atoms with Gasteiger partial charge in [0, 0.05) is 44.5 Å². The molecule has 4 rings (SSSR count). The Hall–Kier alpha value is -2.42. The molecule has 7 nitrogen and oxygen atoms in total. The molecule has 1 aromatic carbocycles. The second-order valence-electron chi connectivity index (χ2n) is 8.59. The second kappa shape index (κ2) is 11.6. The smallest absolute Gasteiger partial charge is 0.251 e. The third kappa shape index (κ3) is 6.34. The maximum atomic E-state index is 12.5. The molecule has 0 bridgehead atoms. The molecule has 33 heavy (non-hydrogen) atoms. The van der Waals surface area contributed by atoms with Gasteiger partial charge in [0.1, 0.15) is 5.03 Å². The van der Waals surface area contributed by atoms with E-state index < -0.39 is 0 Å². The summed E-state index contributed by atoms with van der Waals surface area (Å²) in [6, 6.07) is 11.3. The minimum absolute atomic E-state index is 0.0469. The Labute approximate surface area is 200 Å². The summed E-state index contributed by atoms with van der Waals surface area (Å²) in [6.07, 6.45) is 3.93. The van der Waals surface area contributed by atoms with Crippen molar-refractivity contribution in [2.45, 2.75) is 31.3 Å². The van der Waals surface area contributed by atoms with E-state index in [1.165, 1.54) is 24.7 Å². The number of hydrogen-bond acceptors (Lipinski definition) is 6. The number of benzene rings is 1. The Morgan fingerprint density at radius 3 is 2.52 bits per heavy atom. The minimum atomic E-state index is -0.0469. The fourth-order valence-electron chi connectivity index (χ4n) is 4.32. The van der Waals surface area contributed by atoms with Gasteiger partial charge in [0.2, 0.25) is 5.91 Å². The average Bonchev–Trinajstić information content (AvgIpc) is 2.85. The Morgan fingerprint density at radius 2 is 1.79 bits per heavy atom. The van der Waals surface area contributed by atoms with Gasteiger partial charge in [-0.3, -0.25) is 9.59 Å². The number of amides is 2. The lowest BCUT2D eigenvalue weighted by Crippen LogP contribution is -2.47. The van der Waals surface area contributed by atoms with E-state index in [9.17, 15) is 9.59 Å². The summed E-state index contributed by atoms with van der Waals surface area (Å²) < 4.78 is 0. The molecule has 176 valence electrons. The quantitative estimate of drug-likeness (QED) is 0.572. The van der Waals surface area contributed by atoms with Gasteiger partial charge in [-0.15, -0.1) is 0 Å². The van der Waals surface area contributed by atoms with Crippen LogP contribution < -0.4 is 10.2 Å². The molecule has 0 unspecified atom stereocenters. The monoisotopic (exact) mass is 467 g/mol. The van der Waals surface area contributed by atoms with E-state index in [1.807, 2.05) is 36.4 Å². The number of carbonyl (C=O) groups excluding carboxylic acids is 2. The topological polar surface area (TPSA) is 68.8 Å². The SMILES string of the molecule is CCCN1CCN(CCCNC(=O)c2ccc(CN3C(=O)CSc4ncccc43)cc2)CC1. The van der Waals surface area contributed by atoms with E-state index in [0.717, 1.165) is 55.4 Å². The Bertz CT molecular complexity index is 944. The largest absolute Gasteiger partial charge is 0.352 e. The van der Waals surface area contributed by atoms with Crippen LogP contribution in [-0.4, -0.2) is 78.2 Å². The number of hydrogen-bond donors (Lipinski definition) is 1. The first kappa shape index (κ1) is 23.7. The third-order valence-electron chi connectivity index (χ3n) is 6.17.